The zero-order valence-electron chi connectivity index (χ0n) is 14.4. The van der Waals surface area contributed by atoms with E-state index in [0.717, 1.165) is 11.0 Å². The van der Waals surface area contributed by atoms with Crippen molar-refractivity contribution in [3.8, 4) is 0 Å². The summed E-state index contributed by atoms with van der Waals surface area (Å²) in [5.74, 6) is -0.726. The number of amides is 2. The molecule has 2 rings (SSSR count). The summed E-state index contributed by atoms with van der Waals surface area (Å²) in [5, 5.41) is 11.9. The van der Waals surface area contributed by atoms with Gasteiger partial charge in [0.1, 0.15) is 5.82 Å². The first kappa shape index (κ1) is 17.8. The van der Waals surface area contributed by atoms with Gasteiger partial charge in [-0.05, 0) is 18.1 Å². The number of aliphatic carboxylic acids is 1. The van der Waals surface area contributed by atoms with E-state index in [2.05, 4.69) is 15.3 Å². The molecular formula is C17H24N4O3. The minimum absolute atomic E-state index is 0.125. The molecule has 2 amide bonds. The maximum atomic E-state index is 12.4. The molecule has 2 unspecified atom stereocenters. The molecule has 7 nitrogen and oxygen atoms in total. The van der Waals surface area contributed by atoms with Crippen molar-refractivity contribution in [2.24, 2.45) is 11.8 Å². The van der Waals surface area contributed by atoms with Crippen LogP contribution in [0.15, 0.2) is 24.3 Å². The van der Waals surface area contributed by atoms with Crippen LogP contribution in [0.1, 0.15) is 32.6 Å². The number of hydrogen-bond acceptors (Lipinski definition) is 3. The van der Waals surface area contributed by atoms with Gasteiger partial charge in [-0.2, -0.15) is 0 Å². The lowest BCUT2D eigenvalue weighted by Crippen LogP contribution is -2.43. The van der Waals surface area contributed by atoms with E-state index < -0.39 is 11.9 Å². The van der Waals surface area contributed by atoms with E-state index in [4.69, 9.17) is 5.11 Å². The van der Waals surface area contributed by atoms with Gasteiger partial charge < -0.3 is 20.3 Å². The average molecular weight is 332 g/mol. The molecule has 24 heavy (non-hydrogen) atoms. The number of nitrogens with zero attached hydrogens (tertiary/aromatic N) is 2. The van der Waals surface area contributed by atoms with Crippen LogP contribution in [0.5, 0.6) is 0 Å². The van der Waals surface area contributed by atoms with Crippen LogP contribution in [0.3, 0.4) is 0 Å². The molecule has 3 N–H and O–H groups in total. The van der Waals surface area contributed by atoms with Crippen molar-refractivity contribution in [2.45, 2.75) is 26.8 Å². The third-order valence-electron chi connectivity index (χ3n) is 3.96. The molecule has 7 heteroatoms. The minimum atomic E-state index is -0.924. The summed E-state index contributed by atoms with van der Waals surface area (Å²) < 4.78 is 0. The highest BCUT2D eigenvalue weighted by Gasteiger charge is 2.24. The van der Waals surface area contributed by atoms with Gasteiger partial charge in [-0.25, -0.2) is 9.78 Å². The highest BCUT2D eigenvalue weighted by Crippen LogP contribution is 2.22. The van der Waals surface area contributed by atoms with Gasteiger partial charge in [-0.1, -0.05) is 32.9 Å². The number of urea groups is 1. The van der Waals surface area contributed by atoms with Crippen LogP contribution in [0.25, 0.3) is 11.0 Å². The summed E-state index contributed by atoms with van der Waals surface area (Å²) in [5.41, 5.74) is 1.76. The fraction of sp³-hybridized carbons (Fsp3) is 0.471. The number of nitrogens with one attached hydrogen (secondary N) is 2. The van der Waals surface area contributed by atoms with E-state index in [1.807, 2.05) is 38.1 Å². The number of carbonyl (C=O) groups is 2. The maximum Gasteiger partial charge on any atom is 0.317 e. The highest BCUT2D eigenvalue weighted by atomic mass is 16.4. The van der Waals surface area contributed by atoms with Gasteiger partial charge in [-0.15, -0.1) is 0 Å². The Morgan fingerprint density at radius 2 is 1.96 bits per heavy atom. The molecule has 0 aliphatic heterocycles. The van der Waals surface area contributed by atoms with E-state index in [-0.39, 0.29) is 24.5 Å². The number of benzene rings is 1. The Labute approximate surface area is 141 Å². The fourth-order valence-electron chi connectivity index (χ4n) is 2.49. The first-order valence-electron chi connectivity index (χ1n) is 7.98. The standard InChI is InChI=1S/C17H24N4O3/c1-10(2)14(15-18-12-7-5-6-8-13(12)19-15)20-17(24)21(4)9-11(3)16(22)23/h5-8,10-11,14H,9H2,1-4H3,(H,18,19)(H,20,24)(H,22,23). The van der Waals surface area contributed by atoms with E-state index in [1.165, 1.54) is 4.90 Å². The van der Waals surface area contributed by atoms with E-state index >= 15 is 0 Å². The third kappa shape index (κ3) is 4.04. The molecule has 2 atom stereocenters. The number of carbonyl (C=O) groups excluding carboxylic acids is 1. The maximum absolute atomic E-state index is 12.4. The van der Waals surface area contributed by atoms with Gasteiger partial charge >= 0.3 is 12.0 Å². The van der Waals surface area contributed by atoms with Gasteiger partial charge in [0.15, 0.2) is 0 Å². The van der Waals surface area contributed by atoms with Crippen LogP contribution in [0.2, 0.25) is 0 Å². The number of hydrogen-bond donors (Lipinski definition) is 3. The zero-order chi connectivity index (χ0) is 17.9. The van der Waals surface area contributed by atoms with E-state index in [1.54, 1.807) is 14.0 Å². The van der Waals surface area contributed by atoms with Crippen LogP contribution < -0.4 is 5.32 Å². The second-order valence-corrected chi connectivity index (χ2v) is 6.43. The van der Waals surface area contributed by atoms with Gasteiger partial charge in [0.05, 0.1) is 23.0 Å². The molecule has 1 aromatic carbocycles. The first-order valence-corrected chi connectivity index (χ1v) is 7.98. The lowest BCUT2D eigenvalue weighted by atomic mass is 10.0. The minimum Gasteiger partial charge on any atom is -0.481 e. The number of rotatable bonds is 6. The number of H-pyrrole nitrogens is 1. The molecule has 130 valence electrons. The predicted molar refractivity (Wildman–Crippen MR) is 91.6 cm³/mol. The lowest BCUT2D eigenvalue weighted by molar-refractivity contribution is -0.141. The summed E-state index contributed by atoms with van der Waals surface area (Å²) in [6, 6.07) is 7.08. The van der Waals surface area contributed by atoms with E-state index in [0.29, 0.717) is 5.82 Å². The molecule has 0 radical (unpaired) electrons. The number of aromatic nitrogens is 2. The van der Waals surface area contributed by atoms with Crippen LogP contribution in [0.4, 0.5) is 4.79 Å². The summed E-state index contributed by atoms with van der Waals surface area (Å²) in [4.78, 5) is 32.5. The fourth-order valence-corrected chi connectivity index (χ4v) is 2.49. The Bertz CT molecular complexity index is 692. The SMILES string of the molecule is CC(CN(C)C(=O)NC(c1nc2ccccc2[nH]1)C(C)C)C(=O)O. The van der Waals surface area contributed by atoms with Crippen LogP contribution in [-0.4, -0.2) is 45.6 Å². The summed E-state index contributed by atoms with van der Waals surface area (Å²) >= 11 is 0. The Kier molecular flexibility index (Phi) is 5.43. The van der Waals surface area contributed by atoms with Gasteiger partial charge in [0.2, 0.25) is 0 Å². The number of para-hydroxylation sites is 2. The lowest BCUT2D eigenvalue weighted by Gasteiger charge is -2.25. The quantitative estimate of drug-likeness (QED) is 0.757. The number of imidazole rings is 1. The molecule has 0 fully saturated rings. The largest absolute Gasteiger partial charge is 0.481 e. The van der Waals surface area contributed by atoms with Crippen LogP contribution in [0, 0.1) is 11.8 Å². The van der Waals surface area contributed by atoms with Gasteiger partial charge in [0.25, 0.3) is 0 Å². The molecule has 1 heterocycles. The molecule has 0 bridgehead atoms. The summed E-state index contributed by atoms with van der Waals surface area (Å²) in [7, 11) is 1.59. The molecule has 2 aromatic rings. The van der Waals surface area contributed by atoms with Crippen molar-refractivity contribution < 1.29 is 14.7 Å². The smallest absolute Gasteiger partial charge is 0.317 e. The monoisotopic (exact) mass is 332 g/mol. The second-order valence-electron chi connectivity index (χ2n) is 6.43. The van der Waals surface area contributed by atoms with Crippen molar-refractivity contribution in [1.29, 1.82) is 0 Å². The topological polar surface area (TPSA) is 98.3 Å². The van der Waals surface area contributed by atoms with Gasteiger partial charge in [-0.3, -0.25) is 4.79 Å². The average Bonchev–Trinajstić information content (AvgIpc) is 2.95. The molecule has 0 spiro atoms. The number of carboxylic acids is 1. The Hall–Kier alpha value is -2.57. The summed E-state index contributed by atoms with van der Waals surface area (Å²) in [6.07, 6.45) is 0. The first-order chi connectivity index (χ1) is 11.3. The van der Waals surface area contributed by atoms with E-state index in [9.17, 15) is 9.59 Å². The predicted octanol–water partition coefficient (Wildman–Crippen LogP) is 2.62. The van der Waals surface area contributed by atoms with Crippen LogP contribution in [-0.2, 0) is 4.79 Å². The van der Waals surface area contributed by atoms with Crippen molar-refractivity contribution in [3.05, 3.63) is 30.1 Å². The Morgan fingerprint density at radius 3 is 2.54 bits per heavy atom. The number of fused-ring (bicyclic) bond motifs is 1. The van der Waals surface area contributed by atoms with Crippen molar-refractivity contribution in [2.75, 3.05) is 13.6 Å². The molecule has 0 saturated carbocycles. The Morgan fingerprint density at radius 1 is 1.29 bits per heavy atom. The number of carboxylic acid groups (broad SMARTS) is 1. The molecular weight excluding hydrogens is 308 g/mol. The Balaban J connectivity index is 2.13. The normalized spacial score (nSPS) is 13.7. The molecule has 0 saturated heterocycles. The van der Waals surface area contributed by atoms with Crippen molar-refractivity contribution in [1.82, 2.24) is 20.2 Å². The van der Waals surface area contributed by atoms with Crippen molar-refractivity contribution >= 4 is 23.0 Å². The third-order valence-corrected chi connectivity index (χ3v) is 3.96. The van der Waals surface area contributed by atoms with Crippen LogP contribution >= 0.6 is 0 Å². The number of aromatic amines is 1. The summed E-state index contributed by atoms with van der Waals surface area (Å²) in [6.45, 7) is 5.72. The molecule has 1 aromatic heterocycles. The highest BCUT2D eigenvalue weighted by molar-refractivity contribution is 5.77. The molecule has 0 aliphatic carbocycles. The van der Waals surface area contributed by atoms with Crippen molar-refractivity contribution in [3.63, 3.8) is 0 Å². The second kappa shape index (κ2) is 7.33. The molecule has 0 aliphatic rings. The van der Waals surface area contributed by atoms with Gasteiger partial charge in [0, 0.05) is 13.6 Å². The zero-order valence-corrected chi connectivity index (χ0v) is 14.4.